The van der Waals surface area contributed by atoms with Crippen LogP contribution in [0.15, 0.2) is 0 Å². The average molecular weight is 227 g/mol. The third-order valence-electron chi connectivity index (χ3n) is 4.49. The molecule has 2 aliphatic rings. The SMILES string of the molecule is CCOC1CC(N[C@H](C)CCO)C12CCC2. The molecule has 0 aromatic heterocycles. The summed E-state index contributed by atoms with van der Waals surface area (Å²) in [5.41, 5.74) is 0.444. The van der Waals surface area contributed by atoms with Gasteiger partial charge in [-0.25, -0.2) is 0 Å². The molecule has 2 rings (SSSR count). The van der Waals surface area contributed by atoms with Crippen molar-refractivity contribution < 1.29 is 9.84 Å². The van der Waals surface area contributed by atoms with E-state index in [0.29, 0.717) is 23.6 Å². The van der Waals surface area contributed by atoms with Crippen LogP contribution in [0.1, 0.15) is 46.0 Å². The zero-order chi connectivity index (χ0) is 11.6. The maximum Gasteiger partial charge on any atom is 0.0661 e. The zero-order valence-corrected chi connectivity index (χ0v) is 10.5. The summed E-state index contributed by atoms with van der Waals surface area (Å²) in [4.78, 5) is 0. The lowest BCUT2D eigenvalue weighted by Gasteiger charge is -2.61. The van der Waals surface area contributed by atoms with Crippen LogP contribution in [-0.4, -0.2) is 36.5 Å². The highest BCUT2D eigenvalue weighted by Crippen LogP contribution is 2.57. The molecule has 0 aromatic carbocycles. The van der Waals surface area contributed by atoms with Crippen LogP contribution in [0, 0.1) is 5.41 Å². The summed E-state index contributed by atoms with van der Waals surface area (Å²) in [6, 6.07) is 1.05. The highest BCUT2D eigenvalue weighted by Gasteiger charge is 2.58. The van der Waals surface area contributed by atoms with Crippen LogP contribution in [0.4, 0.5) is 0 Å². The highest BCUT2D eigenvalue weighted by molar-refractivity contribution is 5.12. The Hall–Kier alpha value is -0.120. The molecule has 2 fully saturated rings. The Bertz CT molecular complexity index is 228. The zero-order valence-electron chi connectivity index (χ0n) is 10.5. The van der Waals surface area contributed by atoms with Gasteiger partial charge in [0.2, 0.25) is 0 Å². The third-order valence-corrected chi connectivity index (χ3v) is 4.49. The van der Waals surface area contributed by atoms with E-state index in [1.807, 2.05) is 0 Å². The molecule has 2 saturated carbocycles. The Balaban J connectivity index is 1.83. The van der Waals surface area contributed by atoms with Gasteiger partial charge in [-0.05, 0) is 39.5 Å². The first-order chi connectivity index (χ1) is 7.73. The first-order valence-electron chi connectivity index (χ1n) is 6.71. The third kappa shape index (κ3) is 2.01. The predicted molar refractivity (Wildman–Crippen MR) is 64.4 cm³/mol. The van der Waals surface area contributed by atoms with Crippen LogP contribution in [0.5, 0.6) is 0 Å². The van der Waals surface area contributed by atoms with Gasteiger partial charge in [-0.1, -0.05) is 6.42 Å². The van der Waals surface area contributed by atoms with Gasteiger partial charge < -0.3 is 15.2 Å². The maximum atomic E-state index is 8.91. The van der Waals surface area contributed by atoms with E-state index in [2.05, 4.69) is 19.2 Å². The molecule has 3 atom stereocenters. The lowest BCUT2D eigenvalue weighted by Crippen LogP contribution is -2.68. The van der Waals surface area contributed by atoms with Gasteiger partial charge in [-0.3, -0.25) is 0 Å². The van der Waals surface area contributed by atoms with Gasteiger partial charge in [0.15, 0.2) is 0 Å². The molecule has 16 heavy (non-hydrogen) atoms. The Morgan fingerprint density at radius 3 is 2.75 bits per heavy atom. The van der Waals surface area contributed by atoms with Crippen molar-refractivity contribution in [1.29, 1.82) is 0 Å². The molecule has 0 heterocycles. The summed E-state index contributed by atoms with van der Waals surface area (Å²) < 4.78 is 5.82. The van der Waals surface area contributed by atoms with Crippen LogP contribution < -0.4 is 5.32 Å². The molecular formula is C13H25NO2. The summed E-state index contributed by atoms with van der Waals surface area (Å²) >= 11 is 0. The molecule has 0 bridgehead atoms. The second kappa shape index (κ2) is 5.03. The van der Waals surface area contributed by atoms with Gasteiger partial charge >= 0.3 is 0 Å². The minimum absolute atomic E-state index is 0.281. The smallest absolute Gasteiger partial charge is 0.0661 e. The van der Waals surface area contributed by atoms with Crippen LogP contribution in [0.2, 0.25) is 0 Å². The van der Waals surface area contributed by atoms with Crippen molar-refractivity contribution in [2.45, 2.75) is 64.1 Å². The molecule has 3 heteroatoms. The molecule has 2 N–H and O–H groups in total. The quantitative estimate of drug-likeness (QED) is 0.725. The minimum Gasteiger partial charge on any atom is -0.396 e. The number of hydrogen-bond acceptors (Lipinski definition) is 3. The lowest BCUT2D eigenvalue weighted by molar-refractivity contribution is -0.174. The van der Waals surface area contributed by atoms with Gasteiger partial charge in [0.05, 0.1) is 6.10 Å². The normalized spacial score (nSPS) is 33.2. The molecular weight excluding hydrogens is 202 g/mol. The lowest BCUT2D eigenvalue weighted by atomic mass is 9.51. The van der Waals surface area contributed by atoms with Crippen LogP contribution >= 0.6 is 0 Å². The monoisotopic (exact) mass is 227 g/mol. The van der Waals surface area contributed by atoms with E-state index in [4.69, 9.17) is 9.84 Å². The molecule has 0 amide bonds. The Morgan fingerprint density at radius 1 is 1.50 bits per heavy atom. The van der Waals surface area contributed by atoms with Gasteiger partial charge in [-0.15, -0.1) is 0 Å². The first kappa shape index (κ1) is 12.3. The van der Waals surface area contributed by atoms with Crippen molar-refractivity contribution in [3.8, 4) is 0 Å². The van der Waals surface area contributed by atoms with Crippen LogP contribution in [0.25, 0.3) is 0 Å². The number of ether oxygens (including phenoxy) is 1. The molecule has 3 nitrogen and oxygen atoms in total. The number of aliphatic hydroxyl groups is 1. The van der Waals surface area contributed by atoms with Crippen LogP contribution in [-0.2, 0) is 4.74 Å². The van der Waals surface area contributed by atoms with E-state index in [9.17, 15) is 0 Å². The fourth-order valence-electron chi connectivity index (χ4n) is 3.29. The van der Waals surface area contributed by atoms with Crippen molar-refractivity contribution in [3.63, 3.8) is 0 Å². The number of rotatable bonds is 6. The summed E-state index contributed by atoms with van der Waals surface area (Å²) in [6.07, 6.45) is 6.50. The number of nitrogens with one attached hydrogen (secondary N) is 1. The molecule has 2 unspecified atom stereocenters. The molecule has 94 valence electrons. The second-order valence-electron chi connectivity index (χ2n) is 5.40. The number of aliphatic hydroxyl groups excluding tert-OH is 1. The van der Waals surface area contributed by atoms with E-state index in [1.165, 1.54) is 19.3 Å². The largest absolute Gasteiger partial charge is 0.396 e. The van der Waals surface area contributed by atoms with Crippen molar-refractivity contribution in [2.75, 3.05) is 13.2 Å². The van der Waals surface area contributed by atoms with E-state index in [0.717, 1.165) is 19.4 Å². The Labute approximate surface area is 98.6 Å². The molecule has 0 aromatic rings. The van der Waals surface area contributed by atoms with Crippen molar-refractivity contribution in [2.24, 2.45) is 5.41 Å². The van der Waals surface area contributed by atoms with Gasteiger partial charge in [-0.2, -0.15) is 0 Å². The Morgan fingerprint density at radius 2 is 2.25 bits per heavy atom. The highest BCUT2D eigenvalue weighted by atomic mass is 16.5. The van der Waals surface area contributed by atoms with E-state index in [1.54, 1.807) is 0 Å². The Kier molecular flexibility index (Phi) is 3.88. The first-order valence-corrected chi connectivity index (χ1v) is 6.71. The summed E-state index contributed by atoms with van der Waals surface area (Å²) in [7, 11) is 0. The molecule has 0 radical (unpaired) electrons. The summed E-state index contributed by atoms with van der Waals surface area (Å²) in [5, 5.41) is 12.6. The fourth-order valence-corrected chi connectivity index (χ4v) is 3.29. The molecule has 0 saturated heterocycles. The van der Waals surface area contributed by atoms with E-state index >= 15 is 0 Å². The molecule has 1 spiro atoms. The standard InChI is InChI=1S/C13H25NO2/c1-3-16-12-9-11(13(12)6-4-7-13)14-10(2)5-8-15/h10-12,14-15H,3-9H2,1-2H3/t10-,11?,12?/m1/s1. The summed E-state index contributed by atoms with van der Waals surface area (Å²) in [6.45, 7) is 5.37. The molecule has 2 aliphatic carbocycles. The molecule has 0 aliphatic heterocycles. The predicted octanol–water partition coefficient (Wildman–Crippen LogP) is 1.69. The van der Waals surface area contributed by atoms with Crippen LogP contribution in [0.3, 0.4) is 0 Å². The van der Waals surface area contributed by atoms with Crippen molar-refractivity contribution >= 4 is 0 Å². The van der Waals surface area contributed by atoms with Gasteiger partial charge in [0.25, 0.3) is 0 Å². The second-order valence-corrected chi connectivity index (χ2v) is 5.40. The maximum absolute atomic E-state index is 8.91. The minimum atomic E-state index is 0.281. The topological polar surface area (TPSA) is 41.5 Å². The van der Waals surface area contributed by atoms with Gasteiger partial charge in [0, 0.05) is 30.7 Å². The fraction of sp³-hybridized carbons (Fsp3) is 1.00. The van der Waals surface area contributed by atoms with Crippen molar-refractivity contribution in [3.05, 3.63) is 0 Å². The summed E-state index contributed by atoms with van der Waals surface area (Å²) in [5.74, 6) is 0. The number of hydrogen-bond donors (Lipinski definition) is 2. The van der Waals surface area contributed by atoms with E-state index < -0.39 is 0 Å². The van der Waals surface area contributed by atoms with Crippen molar-refractivity contribution in [1.82, 2.24) is 5.32 Å². The average Bonchev–Trinajstić information content (AvgIpc) is 2.13. The van der Waals surface area contributed by atoms with E-state index in [-0.39, 0.29) is 6.61 Å². The van der Waals surface area contributed by atoms with Gasteiger partial charge in [0.1, 0.15) is 0 Å².